The van der Waals surface area contributed by atoms with E-state index in [1.807, 2.05) is 25.3 Å². The van der Waals surface area contributed by atoms with E-state index in [2.05, 4.69) is 25.2 Å². The van der Waals surface area contributed by atoms with Gasteiger partial charge in [-0.05, 0) is 19.1 Å². The summed E-state index contributed by atoms with van der Waals surface area (Å²) < 4.78 is 0. The van der Waals surface area contributed by atoms with Gasteiger partial charge in [0, 0.05) is 61.2 Å². The molecule has 0 atom stereocenters. The molecule has 4 rings (SSSR count). The van der Waals surface area contributed by atoms with E-state index in [-0.39, 0.29) is 0 Å². The van der Waals surface area contributed by atoms with Gasteiger partial charge in [-0.25, -0.2) is 15.0 Å². The zero-order valence-electron chi connectivity index (χ0n) is 12.9. The molecule has 23 heavy (non-hydrogen) atoms. The molecule has 6 heteroatoms. The maximum Gasteiger partial charge on any atom is 0.159 e. The van der Waals surface area contributed by atoms with Crippen molar-refractivity contribution < 1.29 is 0 Å². The smallest absolute Gasteiger partial charge is 0.159 e. The number of fused-ring (bicyclic) bond motifs is 1. The first-order valence-electron chi connectivity index (χ1n) is 7.66. The Morgan fingerprint density at radius 1 is 1.22 bits per heavy atom. The molecule has 0 N–H and O–H groups in total. The molecular weight excluding hydrogens is 306 g/mol. The molecule has 0 saturated carbocycles. The lowest BCUT2D eigenvalue weighted by Crippen LogP contribution is -2.31. The molecule has 0 aliphatic carbocycles. The highest BCUT2D eigenvalue weighted by Crippen LogP contribution is 2.22. The summed E-state index contributed by atoms with van der Waals surface area (Å²) in [5, 5.41) is 3.27. The van der Waals surface area contributed by atoms with Crippen LogP contribution in [0.3, 0.4) is 0 Å². The Morgan fingerprint density at radius 3 is 2.87 bits per heavy atom. The summed E-state index contributed by atoms with van der Waals surface area (Å²) in [6.07, 6.45) is 6.47. The Balaban J connectivity index is 1.52. The van der Waals surface area contributed by atoms with Crippen LogP contribution in [0.25, 0.3) is 11.4 Å². The maximum atomic E-state index is 4.75. The fourth-order valence-corrected chi connectivity index (χ4v) is 3.46. The first kappa shape index (κ1) is 14.4. The molecule has 0 unspecified atom stereocenters. The van der Waals surface area contributed by atoms with Crippen LogP contribution in [0.15, 0.2) is 36.1 Å². The second-order valence-electron chi connectivity index (χ2n) is 5.72. The third-order valence-corrected chi connectivity index (χ3v) is 4.83. The minimum absolute atomic E-state index is 0.787. The van der Waals surface area contributed by atoms with Gasteiger partial charge < -0.3 is 0 Å². The Morgan fingerprint density at radius 2 is 2.09 bits per heavy atom. The van der Waals surface area contributed by atoms with E-state index in [9.17, 15) is 0 Å². The third-order valence-electron chi connectivity index (χ3n) is 4.00. The largest absolute Gasteiger partial charge is 0.293 e. The molecule has 0 radical (unpaired) electrons. The summed E-state index contributed by atoms with van der Waals surface area (Å²) in [6.45, 7) is 4.85. The van der Waals surface area contributed by atoms with Crippen LogP contribution in [-0.4, -0.2) is 31.4 Å². The van der Waals surface area contributed by atoms with Crippen LogP contribution in [0, 0.1) is 6.92 Å². The van der Waals surface area contributed by atoms with Crippen molar-refractivity contribution in [3.63, 3.8) is 0 Å². The molecule has 0 spiro atoms. The van der Waals surface area contributed by atoms with E-state index < -0.39 is 0 Å². The molecular formula is C17H17N5S. The number of thiazole rings is 1. The van der Waals surface area contributed by atoms with E-state index >= 15 is 0 Å². The molecule has 0 amide bonds. The lowest BCUT2D eigenvalue weighted by Gasteiger charge is -2.27. The van der Waals surface area contributed by atoms with Crippen molar-refractivity contribution >= 4 is 11.3 Å². The molecule has 3 aromatic heterocycles. The normalized spacial score (nSPS) is 14.7. The lowest BCUT2D eigenvalue weighted by molar-refractivity contribution is 0.240. The van der Waals surface area contributed by atoms with Gasteiger partial charge in [-0.1, -0.05) is 0 Å². The first-order chi connectivity index (χ1) is 11.3. The summed E-state index contributed by atoms with van der Waals surface area (Å²) >= 11 is 1.71. The van der Waals surface area contributed by atoms with Gasteiger partial charge in [-0.3, -0.25) is 9.88 Å². The number of nitrogens with zero attached hydrogens (tertiary/aromatic N) is 5. The van der Waals surface area contributed by atoms with Crippen molar-refractivity contribution in [1.82, 2.24) is 24.8 Å². The number of aryl methyl sites for hydroxylation is 1. The Kier molecular flexibility index (Phi) is 3.85. The molecule has 0 fully saturated rings. The summed E-state index contributed by atoms with van der Waals surface area (Å²) in [6, 6.07) is 3.89. The van der Waals surface area contributed by atoms with Crippen LogP contribution in [0.1, 0.15) is 22.0 Å². The second-order valence-corrected chi connectivity index (χ2v) is 6.78. The van der Waals surface area contributed by atoms with E-state index in [4.69, 9.17) is 4.98 Å². The van der Waals surface area contributed by atoms with Gasteiger partial charge in [-0.2, -0.15) is 0 Å². The highest BCUT2D eigenvalue weighted by Gasteiger charge is 2.19. The van der Waals surface area contributed by atoms with Gasteiger partial charge in [0.25, 0.3) is 0 Å². The topological polar surface area (TPSA) is 54.8 Å². The monoisotopic (exact) mass is 323 g/mol. The Bertz CT molecular complexity index is 815. The van der Waals surface area contributed by atoms with Gasteiger partial charge in [-0.15, -0.1) is 11.3 Å². The predicted molar refractivity (Wildman–Crippen MR) is 89.9 cm³/mol. The van der Waals surface area contributed by atoms with E-state index in [0.29, 0.717) is 0 Å². The fourth-order valence-electron chi connectivity index (χ4n) is 2.86. The summed E-state index contributed by atoms with van der Waals surface area (Å²) in [4.78, 5) is 20.3. The lowest BCUT2D eigenvalue weighted by atomic mass is 10.1. The van der Waals surface area contributed by atoms with Gasteiger partial charge >= 0.3 is 0 Å². The number of aromatic nitrogens is 4. The summed E-state index contributed by atoms with van der Waals surface area (Å²) in [7, 11) is 0. The van der Waals surface area contributed by atoms with Crippen molar-refractivity contribution in [2.45, 2.75) is 26.4 Å². The highest BCUT2D eigenvalue weighted by atomic mass is 32.1. The Hall–Kier alpha value is -2.18. The average Bonchev–Trinajstić information content (AvgIpc) is 3.00. The standard InChI is InChI=1S/C17H17N5S/c1-12-20-15(11-23-12)10-22-7-4-16-14(9-22)8-19-17(21-16)13-2-5-18-6-3-13/h2-3,5-6,8,11H,4,7,9-10H2,1H3. The summed E-state index contributed by atoms with van der Waals surface area (Å²) in [5.74, 6) is 0.787. The molecule has 4 heterocycles. The molecule has 1 aliphatic heterocycles. The minimum Gasteiger partial charge on any atom is -0.293 e. The second kappa shape index (κ2) is 6.14. The number of hydrogen-bond donors (Lipinski definition) is 0. The SMILES string of the molecule is Cc1nc(CN2CCc3nc(-c4ccncc4)ncc3C2)cs1. The molecule has 3 aromatic rings. The van der Waals surface area contributed by atoms with Crippen LogP contribution >= 0.6 is 11.3 Å². The van der Waals surface area contributed by atoms with Gasteiger partial charge in [0.05, 0.1) is 16.4 Å². The van der Waals surface area contributed by atoms with E-state index in [1.165, 1.54) is 5.56 Å². The van der Waals surface area contributed by atoms with Crippen molar-refractivity contribution in [3.8, 4) is 11.4 Å². The van der Waals surface area contributed by atoms with E-state index in [1.54, 1.807) is 23.7 Å². The zero-order chi connectivity index (χ0) is 15.6. The van der Waals surface area contributed by atoms with Crippen molar-refractivity contribution in [2.75, 3.05) is 6.54 Å². The minimum atomic E-state index is 0.787. The van der Waals surface area contributed by atoms with Crippen LogP contribution in [-0.2, 0) is 19.5 Å². The molecule has 0 saturated heterocycles. The maximum absolute atomic E-state index is 4.75. The van der Waals surface area contributed by atoms with Crippen LogP contribution in [0.4, 0.5) is 0 Å². The van der Waals surface area contributed by atoms with Crippen LogP contribution < -0.4 is 0 Å². The quantitative estimate of drug-likeness (QED) is 0.742. The summed E-state index contributed by atoms with van der Waals surface area (Å²) in [5.41, 5.74) is 4.56. The molecule has 116 valence electrons. The number of rotatable bonds is 3. The molecule has 1 aliphatic rings. The Labute approximate surface area is 139 Å². The zero-order valence-corrected chi connectivity index (χ0v) is 13.8. The molecule has 0 bridgehead atoms. The van der Waals surface area contributed by atoms with Gasteiger partial charge in [0.1, 0.15) is 0 Å². The van der Waals surface area contributed by atoms with Crippen molar-refractivity contribution in [1.29, 1.82) is 0 Å². The molecule has 5 nitrogen and oxygen atoms in total. The predicted octanol–water partition coefficient (Wildman–Crippen LogP) is 2.86. The van der Waals surface area contributed by atoms with E-state index in [0.717, 1.165) is 53.8 Å². The third kappa shape index (κ3) is 3.13. The van der Waals surface area contributed by atoms with Crippen molar-refractivity contribution in [2.24, 2.45) is 0 Å². The first-order valence-corrected chi connectivity index (χ1v) is 8.54. The van der Waals surface area contributed by atoms with Crippen molar-refractivity contribution in [3.05, 3.63) is 58.1 Å². The number of pyridine rings is 1. The van der Waals surface area contributed by atoms with Gasteiger partial charge in [0.15, 0.2) is 5.82 Å². The number of hydrogen-bond acceptors (Lipinski definition) is 6. The highest BCUT2D eigenvalue weighted by molar-refractivity contribution is 7.09. The average molecular weight is 323 g/mol. The van der Waals surface area contributed by atoms with Crippen LogP contribution in [0.5, 0.6) is 0 Å². The fraction of sp³-hybridized carbons (Fsp3) is 0.294. The molecule has 0 aromatic carbocycles. The van der Waals surface area contributed by atoms with Gasteiger partial charge in [0.2, 0.25) is 0 Å². The van der Waals surface area contributed by atoms with Crippen LogP contribution in [0.2, 0.25) is 0 Å².